The van der Waals surface area contributed by atoms with E-state index in [0.717, 1.165) is 32.0 Å². The fourth-order valence-electron chi connectivity index (χ4n) is 1.34. The summed E-state index contributed by atoms with van der Waals surface area (Å²) >= 11 is 0. The monoisotopic (exact) mass is 170 g/mol. The molecule has 0 spiro atoms. The van der Waals surface area contributed by atoms with Gasteiger partial charge in [-0.15, -0.1) is 0 Å². The Morgan fingerprint density at radius 3 is 3.00 bits per heavy atom. The van der Waals surface area contributed by atoms with Crippen molar-refractivity contribution in [2.75, 3.05) is 13.1 Å². The molecule has 0 saturated carbocycles. The summed E-state index contributed by atoms with van der Waals surface area (Å²) in [6.45, 7) is 1.68. The largest absolute Gasteiger partial charge is 0.478 e. The lowest BCUT2D eigenvalue weighted by molar-refractivity contribution is -0.131. The van der Waals surface area contributed by atoms with Crippen LogP contribution in [0, 0.1) is 0 Å². The van der Waals surface area contributed by atoms with Crippen LogP contribution in [0.5, 0.6) is 0 Å². The summed E-state index contributed by atoms with van der Waals surface area (Å²) in [5.74, 6) is -0.908. The minimum atomic E-state index is -0.908. The maximum absolute atomic E-state index is 10.2. The summed E-state index contributed by atoms with van der Waals surface area (Å²) in [6, 6.07) is 0.192. The number of carboxylic acid groups (broad SMARTS) is 1. The average molecular weight is 170 g/mol. The van der Waals surface area contributed by atoms with E-state index in [2.05, 4.69) is 0 Å². The Balaban J connectivity index is 2.36. The van der Waals surface area contributed by atoms with E-state index in [0.29, 0.717) is 0 Å². The zero-order chi connectivity index (χ0) is 8.97. The lowest BCUT2D eigenvalue weighted by Gasteiger charge is -2.29. The van der Waals surface area contributed by atoms with Gasteiger partial charge in [0.25, 0.3) is 0 Å². The molecule has 4 nitrogen and oxygen atoms in total. The first kappa shape index (κ1) is 9.06. The maximum Gasteiger partial charge on any atom is 0.329 e. The molecule has 1 aliphatic rings. The molecule has 4 heteroatoms. The van der Waals surface area contributed by atoms with Crippen LogP contribution in [-0.2, 0) is 4.79 Å². The predicted molar refractivity (Wildman–Crippen MR) is 45.6 cm³/mol. The number of hydrogen-bond acceptors (Lipinski definition) is 3. The molecule has 1 saturated heterocycles. The van der Waals surface area contributed by atoms with Crippen molar-refractivity contribution in [1.29, 1.82) is 0 Å². The molecule has 1 unspecified atom stereocenters. The van der Waals surface area contributed by atoms with Gasteiger partial charge in [-0.3, -0.25) is 0 Å². The molecular formula is C8H14N2O2. The molecule has 0 aliphatic carbocycles. The first-order valence-corrected chi connectivity index (χ1v) is 4.09. The highest BCUT2D eigenvalue weighted by Crippen LogP contribution is 2.07. The predicted octanol–water partition coefficient (Wildman–Crippen LogP) is 0.00780. The molecule has 1 heterocycles. The van der Waals surface area contributed by atoms with Crippen LogP contribution >= 0.6 is 0 Å². The van der Waals surface area contributed by atoms with E-state index in [9.17, 15) is 4.79 Å². The van der Waals surface area contributed by atoms with E-state index in [-0.39, 0.29) is 6.04 Å². The van der Waals surface area contributed by atoms with Crippen LogP contribution in [-0.4, -0.2) is 35.1 Å². The van der Waals surface area contributed by atoms with Crippen molar-refractivity contribution in [1.82, 2.24) is 4.90 Å². The van der Waals surface area contributed by atoms with Crippen molar-refractivity contribution < 1.29 is 9.90 Å². The van der Waals surface area contributed by atoms with Crippen molar-refractivity contribution in [3.63, 3.8) is 0 Å². The van der Waals surface area contributed by atoms with Gasteiger partial charge in [0.1, 0.15) is 0 Å². The molecule has 1 aliphatic heterocycles. The molecule has 68 valence electrons. The van der Waals surface area contributed by atoms with E-state index >= 15 is 0 Å². The van der Waals surface area contributed by atoms with Gasteiger partial charge in [-0.1, -0.05) is 0 Å². The van der Waals surface area contributed by atoms with Crippen molar-refractivity contribution in [2.45, 2.75) is 18.9 Å². The van der Waals surface area contributed by atoms with Gasteiger partial charge in [0.2, 0.25) is 0 Å². The first-order chi connectivity index (χ1) is 5.68. The number of nitrogens with two attached hydrogens (primary N) is 1. The fraction of sp³-hybridized carbons (Fsp3) is 0.625. The number of nitrogens with zero attached hydrogens (tertiary/aromatic N) is 1. The number of aliphatic carboxylic acids is 1. The number of carboxylic acids is 1. The number of rotatable bonds is 2. The molecule has 12 heavy (non-hydrogen) atoms. The zero-order valence-corrected chi connectivity index (χ0v) is 6.94. The van der Waals surface area contributed by atoms with Crippen LogP contribution in [0.3, 0.4) is 0 Å². The lowest BCUT2D eigenvalue weighted by Crippen LogP contribution is -2.39. The minimum Gasteiger partial charge on any atom is -0.478 e. The van der Waals surface area contributed by atoms with Crippen molar-refractivity contribution in [3.8, 4) is 0 Å². The number of likely N-dealkylation sites (tertiary alicyclic amines) is 1. The first-order valence-electron chi connectivity index (χ1n) is 4.09. The summed E-state index contributed by atoms with van der Waals surface area (Å²) in [5.41, 5.74) is 5.71. The van der Waals surface area contributed by atoms with Crippen molar-refractivity contribution in [3.05, 3.63) is 12.3 Å². The number of piperidine rings is 1. The summed E-state index contributed by atoms with van der Waals surface area (Å²) < 4.78 is 0. The van der Waals surface area contributed by atoms with E-state index in [4.69, 9.17) is 10.8 Å². The van der Waals surface area contributed by atoms with Crippen LogP contribution < -0.4 is 5.73 Å². The van der Waals surface area contributed by atoms with Gasteiger partial charge >= 0.3 is 5.97 Å². The summed E-state index contributed by atoms with van der Waals surface area (Å²) in [5, 5.41) is 8.37. The van der Waals surface area contributed by atoms with Gasteiger partial charge in [0.15, 0.2) is 0 Å². The molecular weight excluding hydrogens is 156 g/mol. The molecule has 1 fully saturated rings. The normalized spacial score (nSPS) is 24.8. The fourth-order valence-corrected chi connectivity index (χ4v) is 1.34. The van der Waals surface area contributed by atoms with Crippen molar-refractivity contribution >= 4 is 5.97 Å². The Bertz CT molecular complexity index is 191. The van der Waals surface area contributed by atoms with E-state index in [1.165, 1.54) is 0 Å². The molecule has 0 amide bonds. The topological polar surface area (TPSA) is 66.6 Å². The summed E-state index contributed by atoms with van der Waals surface area (Å²) in [7, 11) is 0. The van der Waals surface area contributed by atoms with Gasteiger partial charge < -0.3 is 15.7 Å². The second-order valence-electron chi connectivity index (χ2n) is 3.05. The minimum absolute atomic E-state index is 0.192. The molecule has 0 radical (unpaired) electrons. The standard InChI is InChI=1S/C8H14N2O2/c9-7-2-1-4-10(6-7)5-3-8(11)12/h3,5,7H,1-2,4,6,9H2,(H,11,12). The third-order valence-corrected chi connectivity index (χ3v) is 1.92. The third-order valence-electron chi connectivity index (χ3n) is 1.92. The molecule has 0 aromatic heterocycles. The van der Waals surface area contributed by atoms with E-state index < -0.39 is 5.97 Å². The van der Waals surface area contributed by atoms with Crippen molar-refractivity contribution in [2.24, 2.45) is 5.73 Å². The van der Waals surface area contributed by atoms with Crippen LogP contribution in [0.15, 0.2) is 12.3 Å². The van der Waals surface area contributed by atoms with Gasteiger partial charge in [-0.05, 0) is 12.8 Å². The smallest absolute Gasteiger partial charge is 0.329 e. The molecule has 0 aromatic carbocycles. The quantitative estimate of drug-likeness (QED) is 0.573. The maximum atomic E-state index is 10.2. The molecule has 0 aromatic rings. The summed E-state index contributed by atoms with van der Waals surface area (Å²) in [6.07, 6.45) is 4.84. The Kier molecular flexibility index (Phi) is 3.10. The average Bonchev–Trinajstić information content (AvgIpc) is 2.01. The molecule has 0 bridgehead atoms. The molecule has 1 rings (SSSR count). The Morgan fingerprint density at radius 1 is 1.67 bits per heavy atom. The van der Waals surface area contributed by atoms with E-state index in [1.54, 1.807) is 6.20 Å². The number of carbonyl (C=O) groups is 1. The highest BCUT2D eigenvalue weighted by atomic mass is 16.4. The van der Waals surface area contributed by atoms with Crippen LogP contribution in [0.4, 0.5) is 0 Å². The van der Waals surface area contributed by atoms with Crippen LogP contribution in [0.1, 0.15) is 12.8 Å². The Labute approximate surface area is 71.7 Å². The Hall–Kier alpha value is -1.03. The Morgan fingerprint density at radius 2 is 2.42 bits per heavy atom. The van der Waals surface area contributed by atoms with Gasteiger partial charge in [0, 0.05) is 31.4 Å². The second kappa shape index (κ2) is 4.11. The van der Waals surface area contributed by atoms with Gasteiger partial charge in [0.05, 0.1) is 0 Å². The number of hydrogen-bond donors (Lipinski definition) is 2. The highest BCUT2D eigenvalue weighted by Gasteiger charge is 2.13. The second-order valence-corrected chi connectivity index (χ2v) is 3.05. The zero-order valence-electron chi connectivity index (χ0n) is 6.94. The van der Waals surface area contributed by atoms with Gasteiger partial charge in [-0.2, -0.15) is 0 Å². The van der Waals surface area contributed by atoms with Gasteiger partial charge in [-0.25, -0.2) is 4.79 Å². The summed E-state index contributed by atoms with van der Waals surface area (Å²) in [4.78, 5) is 12.1. The molecule has 1 atom stereocenters. The van der Waals surface area contributed by atoms with E-state index in [1.807, 2.05) is 4.90 Å². The SMILES string of the molecule is NC1CCCN(C=CC(=O)O)C1. The van der Waals surface area contributed by atoms with Crippen LogP contribution in [0.25, 0.3) is 0 Å². The highest BCUT2D eigenvalue weighted by molar-refractivity contribution is 5.79. The molecule has 3 N–H and O–H groups in total. The lowest BCUT2D eigenvalue weighted by atomic mass is 10.1. The third kappa shape index (κ3) is 2.92. The van der Waals surface area contributed by atoms with Crippen LogP contribution in [0.2, 0.25) is 0 Å².